The van der Waals surface area contributed by atoms with Crippen LogP contribution in [0.3, 0.4) is 0 Å². The number of aromatic nitrogens is 1. The molecule has 0 atom stereocenters. The van der Waals surface area contributed by atoms with Gasteiger partial charge in [-0.05, 0) is 54.1 Å². The number of hydrogen-bond donors (Lipinski definition) is 1. The average molecular weight is 422 g/mol. The molecule has 1 heterocycles. The quantitative estimate of drug-likeness (QED) is 0.543. The van der Waals surface area contributed by atoms with Crippen molar-refractivity contribution < 1.29 is 26.7 Å². The Bertz CT molecular complexity index is 1050. The number of rotatable bonds is 6. The summed E-state index contributed by atoms with van der Waals surface area (Å²) in [5, 5.41) is 4.99. The standard InChI is InChI=1S/C22H19F5N2O/c23-20-4-2-14-10-28-6-5-17(14)18(20)11-29-15-8-16(9-15)30-12-13-1-3-19(21(24)7-13)22(25,26)27/h1-7,10,15-16,29H,8-9,11-12H2. The Balaban J connectivity index is 1.27. The number of benzene rings is 2. The molecule has 1 saturated carbocycles. The summed E-state index contributed by atoms with van der Waals surface area (Å²) in [6.45, 7) is 0.409. The van der Waals surface area contributed by atoms with Crippen LogP contribution in [0.5, 0.6) is 0 Å². The maximum atomic E-state index is 14.2. The van der Waals surface area contributed by atoms with E-state index in [1.165, 1.54) is 12.1 Å². The molecule has 3 aromatic rings. The van der Waals surface area contributed by atoms with E-state index in [0.29, 0.717) is 30.5 Å². The van der Waals surface area contributed by atoms with Crippen molar-refractivity contribution in [3.63, 3.8) is 0 Å². The molecule has 8 heteroatoms. The normalized spacial score (nSPS) is 19.1. The van der Waals surface area contributed by atoms with E-state index in [-0.39, 0.29) is 24.6 Å². The molecule has 1 aliphatic rings. The van der Waals surface area contributed by atoms with Crippen molar-refractivity contribution in [2.45, 2.75) is 44.3 Å². The number of nitrogens with one attached hydrogen (secondary N) is 1. The van der Waals surface area contributed by atoms with Gasteiger partial charge in [-0.2, -0.15) is 13.2 Å². The lowest BCUT2D eigenvalue weighted by Crippen LogP contribution is -2.45. The molecular formula is C22H19F5N2O. The summed E-state index contributed by atoms with van der Waals surface area (Å²) in [5.41, 5.74) is -0.349. The van der Waals surface area contributed by atoms with Gasteiger partial charge in [0.2, 0.25) is 0 Å². The number of ether oxygens (including phenoxy) is 1. The summed E-state index contributed by atoms with van der Waals surface area (Å²) in [5.74, 6) is -1.58. The molecule has 1 aliphatic carbocycles. The highest BCUT2D eigenvalue weighted by Crippen LogP contribution is 2.32. The van der Waals surface area contributed by atoms with Gasteiger partial charge in [0, 0.05) is 35.9 Å². The van der Waals surface area contributed by atoms with Gasteiger partial charge in [0.1, 0.15) is 11.6 Å². The van der Waals surface area contributed by atoms with E-state index in [4.69, 9.17) is 4.74 Å². The first-order chi connectivity index (χ1) is 14.3. The summed E-state index contributed by atoms with van der Waals surface area (Å²) in [6.07, 6.45) is -0.0859. The average Bonchev–Trinajstić information content (AvgIpc) is 2.66. The topological polar surface area (TPSA) is 34.1 Å². The van der Waals surface area contributed by atoms with Crippen LogP contribution in [-0.2, 0) is 24.1 Å². The molecule has 2 aromatic carbocycles. The predicted molar refractivity (Wildman–Crippen MR) is 102 cm³/mol. The molecule has 4 rings (SSSR count). The lowest BCUT2D eigenvalue weighted by molar-refractivity contribution is -0.140. The first-order valence-electron chi connectivity index (χ1n) is 9.53. The summed E-state index contributed by atoms with van der Waals surface area (Å²) in [4.78, 5) is 4.05. The number of fused-ring (bicyclic) bond motifs is 1. The molecule has 0 saturated heterocycles. The van der Waals surface area contributed by atoms with E-state index in [1.807, 2.05) is 0 Å². The van der Waals surface area contributed by atoms with E-state index in [0.717, 1.165) is 22.9 Å². The van der Waals surface area contributed by atoms with Gasteiger partial charge < -0.3 is 10.1 Å². The van der Waals surface area contributed by atoms with Gasteiger partial charge in [0.25, 0.3) is 0 Å². The van der Waals surface area contributed by atoms with Crippen LogP contribution >= 0.6 is 0 Å². The zero-order valence-electron chi connectivity index (χ0n) is 15.8. The van der Waals surface area contributed by atoms with Gasteiger partial charge in [-0.15, -0.1) is 0 Å². The number of nitrogens with zero attached hydrogens (tertiary/aromatic N) is 1. The van der Waals surface area contributed by atoms with E-state index in [2.05, 4.69) is 10.3 Å². The molecule has 0 bridgehead atoms. The fraction of sp³-hybridized carbons (Fsp3) is 0.318. The van der Waals surface area contributed by atoms with Crippen LogP contribution in [0, 0.1) is 11.6 Å². The minimum absolute atomic E-state index is 0.0391. The van der Waals surface area contributed by atoms with Gasteiger partial charge in [-0.25, -0.2) is 8.78 Å². The van der Waals surface area contributed by atoms with Gasteiger partial charge >= 0.3 is 6.18 Å². The van der Waals surface area contributed by atoms with E-state index >= 15 is 0 Å². The highest BCUT2D eigenvalue weighted by molar-refractivity contribution is 5.84. The van der Waals surface area contributed by atoms with Crippen LogP contribution in [0.1, 0.15) is 29.5 Å². The van der Waals surface area contributed by atoms with Gasteiger partial charge in [0.15, 0.2) is 0 Å². The van der Waals surface area contributed by atoms with Crippen LogP contribution in [-0.4, -0.2) is 17.1 Å². The maximum absolute atomic E-state index is 14.2. The van der Waals surface area contributed by atoms with Crippen LogP contribution < -0.4 is 5.32 Å². The van der Waals surface area contributed by atoms with Crippen molar-refractivity contribution in [1.29, 1.82) is 0 Å². The fourth-order valence-corrected chi connectivity index (χ4v) is 3.59. The number of pyridine rings is 1. The maximum Gasteiger partial charge on any atom is 0.419 e. The van der Waals surface area contributed by atoms with Crippen LogP contribution in [0.15, 0.2) is 48.8 Å². The molecule has 0 amide bonds. The second-order valence-corrected chi connectivity index (χ2v) is 7.42. The van der Waals surface area contributed by atoms with Crippen molar-refractivity contribution in [3.05, 3.63) is 77.1 Å². The highest BCUT2D eigenvalue weighted by Gasteiger charge is 2.34. The van der Waals surface area contributed by atoms with Crippen molar-refractivity contribution in [3.8, 4) is 0 Å². The van der Waals surface area contributed by atoms with Crippen molar-refractivity contribution in [2.75, 3.05) is 0 Å². The molecule has 0 unspecified atom stereocenters. The van der Waals surface area contributed by atoms with Crippen molar-refractivity contribution in [1.82, 2.24) is 10.3 Å². The minimum Gasteiger partial charge on any atom is -0.373 e. The van der Waals surface area contributed by atoms with Gasteiger partial charge in [-0.1, -0.05) is 6.07 Å². The third-order valence-corrected chi connectivity index (χ3v) is 5.36. The Morgan fingerprint density at radius 2 is 1.83 bits per heavy atom. The summed E-state index contributed by atoms with van der Waals surface area (Å²) < 4.78 is 71.3. The Labute approximate surface area is 169 Å². The van der Waals surface area contributed by atoms with E-state index < -0.39 is 17.6 Å². The van der Waals surface area contributed by atoms with E-state index in [9.17, 15) is 22.0 Å². The first kappa shape index (κ1) is 20.7. The molecule has 0 spiro atoms. The largest absolute Gasteiger partial charge is 0.419 e. The predicted octanol–water partition coefficient (Wildman–Crippen LogP) is 5.37. The molecule has 0 aliphatic heterocycles. The number of alkyl halides is 3. The highest BCUT2D eigenvalue weighted by atomic mass is 19.4. The minimum atomic E-state index is -4.71. The molecule has 158 valence electrons. The molecular weight excluding hydrogens is 403 g/mol. The molecule has 30 heavy (non-hydrogen) atoms. The molecule has 3 nitrogen and oxygen atoms in total. The summed E-state index contributed by atoms with van der Waals surface area (Å²) >= 11 is 0. The van der Waals surface area contributed by atoms with Crippen molar-refractivity contribution >= 4 is 10.8 Å². The lowest BCUT2D eigenvalue weighted by atomic mass is 9.89. The zero-order valence-corrected chi connectivity index (χ0v) is 15.8. The van der Waals surface area contributed by atoms with Crippen molar-refractivity contribution in [2.24, 2.45) is 0 Å². The summed E-state index contributed by atoms with van der Waals surface area (Å²) in [7, 11) is 0. The zero-order chi connectivity index (χ0) is 21.3. The van der Waals surface area contributed by atoms with Crippen LogP contribution in [0.4, 0.5) is 22.0 Å². The smallest absolute Gasteiger partial charge is 0.373 e. The van der Waals surface area contributed by atoms with E-state index in [1.54, 1.807) is 24.5 Å². The van der Waals surface area contributed by atoms with Gasteiger partial charge in [0.05, 0.1) is 18.3 Å². The second-order valence-electron chi connectivity index (χ2n) is 7.42. The third-order valence-electron chi connectivity index (χ3n) is 5.36. The summed E-state index contributed by atoms with van der Waals surface area (Å²) in [6, 6.07) is 7.86. The lowest BCUT2D eigenvalue weighted by Gasteiger charge is -2.36. The number of halogens is 5. The van der Waals surface area contributed by atoms with Crippen LogP contribution in [0.25, 0.3) is 10.8 Å². The fourth-order valence-electron chi connectivity index (χ4n) is 3.59. The monoisotopic (exact) mass is 422 g/mol. The first-order valence-corrected chi connectivity index (χ1v) is 9.53. The molecule has 1 N–H and O–H groups in total. The molecule has 1 aromatic heterocycles. The Morgan fingerprint density at radius 1 is 1.03 bits per heavy atom. The Morgan fingerprint density at radius 3 is 2.57 bits per heavy atom. The molecule has 1 fully saturated rings. The number of hydrogen-bond acceptors (Lipinski definition) is 3. The Kier molecular flexibility index (Phi) is 5.71. The van der Waals surface area contributed by atoms with Gasteiger partial charge in [-0.3, -0.25) is 4.98 Å². The third kappa shape index (κ3) is 4.44. The van der Waals surface area contributed by atoms with Crippen LogP contribution in [0.2, 0.25) is 0 Å². The SMILES string of the molecule is Fc1cc(COC2CC(NCc3c(F)ccc4cnccc34)C2)ccc1C(F)(F)F. The molecule has 0 radical (unpaired) electrons. The Hall–Kier alpha value is -2.58. The second kappa shape index (κ2) is 8.28.